The van der Waals surface area contributed by atoms with Crippen molar-refractivity contribution >= 4 is 22.6 Å². The maximum Gasteiger partial charge on any atom is 0.355 e. The molecular formula is C30H36ClN3O8. The van der Waals surface area contributed by atoms with Crippen LogP contribution in [0.1, 0.15) is 57.7 Å². The van der Waals surface area contributed by atoms with Crippen molar-refractivity contribution in [1.29, 1.82) is 0 Å². The average Bonchev–Trinajstić information content (AvgIpc) is 3.31. The van der Waals surface area contributed by atoms with Crippen molar-refractivity contribution in [2.24, 2.45) is 23.7 Å². The van der Waals surface area contributed by atoms with E-state index in [1.807, 2.05) is 19.1 Å². The minimum absolute atomic E-state index is 0.0699. The van der Waals surface area contributed by atoms with Gasteiger partial charge >= 0.3 is 5.63 Å². The maximum atomic E-state index is 12.1. The van der Waals surface area contributed by atoms with Crippen molar-refractivity contribution in [3.05, 3.63) is 51.1 Å². The van der Waals surface area contributed by atoms with Crippen LogP contribution >= 0.6 is 11.6 Å². The summed E-state index contributed by atoms with van der Waals surface area (Å²) >= 11 is 6.07. The van der Waals surface area contributed by atoms with E-state index in [1.165, 1.54) is 0 Å². The highest BCUT2D eigenvalue weighted by atomic mass is 35.5. The van der Waals surface area contributed by atoms with Gasteiger partial charge in [-0.1, -0.05) is 42.8 Å². The van der Waals surface area contributed by atoms with Gasteiger partial charge < -0.3 is 23.4 Å². The normalized spacial score (nSPS) is 35.6. The molecule has 5 aliphatic rings. The molecular weight excluding hydrogens is 566 g/mol. The van der Waals surface area contributed by atoms with Crippen LogP contribution in [0.4, 0.5) is 0 Å². The largest absolute Gasteiger partial charge is 0.483 e. The molecule has 8 rings (SSSR count). The van der Waals surface area contributed by atoms with Crippen LogP contribution in [0, 0.1) is 30.6 Å². The summed E-state index contributed by atoms with van der Waals surface area (Å²) in [5.41, 5.74) is 0.424. The van der Waals surface area contributed by atoms with E-state index in [0.717, 1.165) is 31.1 Å². The fourth-order valence-corrected chi connectivity index (χ4v) is 7.57. The summed E-state index contributed by atoms with van der Waals surface area (Å²) in [6.45, 7) is 9.19. The summed E-state index contributed by atoms with van der Waals surface area (Å²) in [5.74, 6) is 0.753. The SMILES string of the molecule is Cc1c(Cl)c(=O)oc2c(OCc3cn(CCO[C@@H]4O[C@@H]5O[C@@]6(C)CC[C@H]7[C@H](C)CC[C@@H]([C@H]4C)[C@@]57OO6)nn3)cccc12. The maximum absolute atomic E-state index is 12.1. The Labute approximate surface area is 248 Å². The first kappa shape index (κ1) is 28.2. The van der Waals surface area contributed by atoms with E-state index in [4.69, 9.17) is 44.7 Å². The third-order valence-electron chi connectivity index (χ3n) is 9.75. The predicted octanol–water partition coefficient (Wildman–Crippen LogP) is 5.15. The second-order valence-corrected chi connectivity index (χ2v) is 12.7. The van der Waals surface area contributed by atoms with Gasteiger partial charge in [0.05, 0.1) is 19.3 Å². The highest BCUT2D eigenvalue weighted by molar-refractivity contribution is 6.31. The Balaban J connectivity index is 0.987. The van der Waals surface area contributed by atoms with Crippen molar-refractivity contribution in [2.45, 2.75) is 90.5 Å². The van der Waals surface area contributed by atoms with E-state index in [1.54, 1.807) is 23.9 Å². The molecule has 0 N–H and O–H groups in total. The number of ether oxygens (including phenoxy) is 4. The molecule has 6 heterocycles. The molecule has 0 radical (unpaired) electrons. The summed E-state index contributed by atoms with van der Waals surface area (Å²) < 4.78 is 32.3. The zero-order valence-corrected chi connectivity index (χ0v) is 25.0. The highest BCUT2D eigenvalue weighted by Gasteiger charge is 2.69. The number of hydrogen-bond acceptors (Lipinski definition) is 10. The zero-order valence-electron chi connectivity index (χ0n) is 24.2. The third kappa shape index (κ3) is 4.56. The van der Waals surface area contributed by atoms with E-state index < -0.39 is 29.6 Å². The number of benzene rings is 1. The fourth-order valence-electron chi connectivity index (χ4n) is 7.43. The average molecular weight is 602 g/mol. The second-order valence-electron chi connectivity index (χ2n) is 12.4. The van der Waals surface area contributed by atoms with Crippen LogP contribution in [-0.2, 0) is 37.1 Å². The molecule has 12 heteroatoms. The lowest BCUT2D eigenvalue weighted by molar-refractivity contribution is -0.577. The highest BCUT2D eigenvalue weighted by Crippen LogP contribution is 2.60. The van der Waals surface area contributed by atoms with Gasteiger partial charge in [0.15, 0.2) is 29.5 Å². The molecule has 3 aromatic rings. The van der Waals surface area contributed by atoms with Gasteiger partial charge in [-0.15, -0.1) is 5.10 Å². The minimum atomic E-state index is -0.814. The monoisotopic (exact) mass is 601 g/mol. The van der Waals surface area contributed by atoms with E-state index >= 15 is 0 Å². The Kier molecular flexibility index (Phi) is 7.11. The van der Waals surface area contributed by atoms with Crippen molar-refractivity contribution in [1.82, 2.24) is 15.0 Å². The first-order valence-corrected chi connectivity index (χ1v) is 15.1. The number of hydrogen-bond donors (Lipinski definition) is 0. The van der Waals surface area contributed by atoms with Crippen molar-refractivity contribution < 1.29 is 33.1 Å². The van der Waals surface area contributed by atoms with Gasteiger partial charge in [0.25, 0.3) is 0 Å². The van der Waals surface area contributed by atoms with E-state index in [-0.39, 0.29) is 23.5 Å². The van der Waals surface area contributed by atoms with Crippen molar-refractivity contribution in [3.63, 3.8) is 0 Å². The van der Waals surface area contributed by atoms with E-state index in [0.29, 0.717) is 47.6 Å². The molecule has 42 heavy (non-hydrogen) atoms. The van der Waals surface area contributed by atoms with Gasteiger partial charge in [-0.2, -0.15) is 0 Å². The summed E-state index contributed by atoms with van der Waals surface area (Å²) in [6.07, 6.45) is 4.76. The van der Waals surface area contributed by atoms with Crippen molar-refractivity contribution in [2.75, 3.05) is 6.61 Å². The van der Waals surface area contributed by atoms with Gasteiger partial charge in [0.2, 0.25) is 5.79 Å². The Morgan fingerprint density at radius 1 is 1.17 bits per heavy atom. The quantitative estimate of drug-likeness (QED) is 0.266. The molecule has 2 aromatic heterocycles. The van der Waals surface area contributed by atoms with Crippen LogP contribution in [0.25, 0.3) is 11.0 Å². The number of para-hydroxylation sites is 1. The number of halogens is 1. The lowest BCUT2D eigenvalue weighted by Gasteiger charge is -2.60. The molecule has 4 saturated heterocycles. The van der Waals surface area contributed by atoms with Crippen LogP contribution < -0.4 is 10.4 Å². The Morgan fingerprint density at radius 2 is 2.02 bits per heavy atom. The van der Waals surface area contributed by atoms with Crippen LogP contribution in [-0.4, -0.2) is 45.6 Å². The summed E-state index contributed by atoms with van der Waals surface area (Å²) in [7, 11) is 0. The fraction of sp³-hybridized carbons (Fsp3) is 0.633. The van der Waals surface area contributed by atoms with Crippen LogP contribution in [0.5, 0.6) is 5.75 Å². The van der Waals surface area contributed by atoms with E-state index in [9.17, 15) is 4.79 Å². The number of aryl methyl sites for hydroxylation is 1. The summed E-state index contributed by atoms with van der Waals surface area (Å²) in [6, 6.07) is 5.40. The molecule has 1 aromatic carbocycles. The molecule has 11 nitrogen and oxygen atoms in total. The van der Waals surface area contributed by atoms with Gasteiger partial charge in [0.1, 0.15) is 17.3 Å². The minimum Gasteiger partial charge on any atom is -0.483 e. The van der Waals surface area contributed by atoms with Crippen LogP contribution in [0.3, 0.4) is 0 Å². The Morgan fingerprint density at radius 3 is 2.88 bits per heavy atom. The first-order valence-electron chi connectivity index (χ1n) is 14.7. The molecule has 0 amide bonds. The van der Waals surface area contributed by atoms with Gasteiger partial charge in [0, 0.05) is 23.6 Å². The molecule has 2 bridgehead atoms. The topological polar surface area (TPSA) is 116 Å². The summed E-state index contributed by atoms with van der Waals surface area (Å²) in [4.78, 5) is 24.2. The Bertz CT molecular complexity index is 1540. The van der Waals surface area contributed by atoms with E-state index in [2.05, 4.69) is 24.2 Å². The number of aromatic nitrogens is 3. The van der Waals surface area contributed by atoms with Crippen molar-refractivity contribution in [3.8, 4) is 5.75 Å². The predicted molar refractivity (Wildman–Crippen MR) is 149 cm³/mol. The Hall–Kier alpha value is -2.54. The molecule has 226 valence electrons. The molecule has 1 spiro atoms. The lowest BCUT2D eigenvalue weighted by Crippen LogP contribution is -2.70. The third-order valence-corrected chi connectivity index (χ3v) is 10.2. The van der Waals surface area contributed by atoms with Gasteiger partial charge in [-0.3, -0.25) is 0 Å². The smallest absolute Gasteiger partial charge is 0.355 e. The van der Waals surface area contributed by atoms with Gasteiger partial charge in [-0.05, 0) is 56.6 Å². The number of nitrogens with zero attached hydrogens (tertiary/aromatic N) is 3. The number of rotatable bonds is 7. The number of fused-ring (bicyclic) bond motifs is 3. The summed E-state index contributed by atoms with van der Waals surface area (Å²) in [5, 5.41) is 9.23. The standard InChI is InChI=1S/C30H36ClN3O8/c1-16-8-9-22-18(3)27(39-28-30(22)21(16)10-11-29(4,40-28)41-42-30)36-13-12-34-14-19(32-33-34)15-37-23-7-5-6-20-17(2)24(31)26(35)38-25(20)23/h5-7,14,16,18,21-22,27-28H,8-13,15H2,1-4H3/t16-,18-,21+,22+,27-,28-,29-,30-/m1/s1. The first-order chi connectivity index (χ1) is 20.2. The molecule has 1 aliphatic carbocycles. The van der Waals surface area contributed by atoms with Crippen LogP contribution in [0.15, 0.2) is 33.6 Å². The molecule has 4 aliphatic heterocycles. The van der Waals surface area contributed by atoms with Gasteiger partial charge in [-0.25, -0.2) is 19.3 Å². The van der Waals surface area contributed by atoms with Crippen LogP contribution in [0.2, 0.25) is 5.02 Å². The zero-order chi connectivity index (χ0) is 29.2. The second kappa shape index (κ2) is 10.6. The molecule has 1 saturated carbocycles. The lowest BCUT2D eigenvalue weighted by atomic mass is 9.58. The molecule has 5 fully saturated rings. The molecule has 8 atom stereocenters. The molecule has 0 unspecified atom stereocenters.